The van der Waals surface area contributed by atoms with Crippen LogP contribution in [0.15, 0.2) is 30.5 Å². The van der Waals surface area contributed by atoms with Gasteiger partial charge in [0.2, 0.25) is 5.95 Å². The lowest BCUT2D eigenvalue weighted by atomic mass is 10.1. The molecule has 2 heterocycles. The fourth-order valence-corrected chi connectivity index (χ4v) is 2.73. The lowest BCUT2D eigenvalue weighted by molar-refractivity contribution is 0.208. The predicted molar refractivity (Wildman–Crippen MR) is 95.3 cm³/mol. The highest BCUT2D eigenvalue weighted by Gasteiger charge is 2.23. The number of hydrogen-bond donors (Lipinski definition) is 1. The highest BCUT2D eigenvalue weighted by molar-refractivity contribution is 5.89. The summed E-state index contributed by atoms with van der Waals surface area (Å²) in [6, 6.07) is 4.41. The number of rotatable bonds is 3. The van der Waals surface area contributed by atoms with E-state index in [0.29, 0.717) is 38.0 Å². The van der Waals surface area contributed by atoms with Gasteiger partial charge in [0, 0.05) is 44.1 Å². The van der Waals surface area contributed by atoms with E-state index < -0.39 is 17.7 Å². The van der Waals surface area contributed by atoms with Gasteiger partial charge in [0.25, 0.3) is 0 Å². The first kappa shape index (κ1) is 18.0. The van der Waals surface area contributed by atoms with E-state index in [2.05, 4.69) is 29.1 Å². The number of nitrogens with zero attached hydrogens (tertiary/aromatic N) is 4. The summed E-state index contributed by atoms with van der Waals surface area (Å²) in [6.45, 7) is 6.16. The number of aromatic nitrogens is 2. The molecule has 0 spiro atoms. The molecule has 1 aromatic heterocycles. The van der Waals surface area contributed by atoms with Crippen molar-refractivity contribution in [3.63, 3.8) is 0 Å². The minimum Gasteiger partial charge on any atom is -0.337 e. The number of carbonyl (C=O) groups excluding carboxylic acids is 1. The van der Waals surface area contributed by atoms with Gasteiger partial charge < -0.3 is 15.1 Å². The molecule has 2 amide bonds. The Morgan fingerprint density at radius 3 is 2.58 bits per heavy atom. The average Bonchev–Trinajstić information content (AvgIpc) is 2.65. The first-order valence-corrected chi connectivity index (χ1v) is 8.53. The van der Waals surface area contributed by atoms with Crippen LogP contribution in [0, 0.1) is 11.6 Å². The third-order valence-corrected chi connectivity index (χ3v) is 4.28. The van der Waals surface area contributed by atoms with Crippen molar-refractivity contribution in [1.82, 2.24) is 14.9 Å². The minimum atomic E-state index is -0.669. The molecule has 2 aromatic rings. The molecule has 0 saturated carbocycles. The van der Waals surface area contributed by atoms with Crippen LogP contribution in [-0.4, -0.2) is 47.1 Å². The number of benzene rings is 1. The lowest BCUT2D eigenvalue weighted by Gasteiger charge is -2.34. The predicted octanol–water partition coefficient (Wildman–Crippen LogP) is 3.23. The molecule has 1 aliphatic rings. The van der Waals surface area contributed by atoms with E-state index in [9.17, 15) is 13.6 Å². The van der Waals surface area contributed by atoms with Gasteiger partial charge in [-0.3, -0.25) is 0 Å². The number of amides is 2. The van der Waals surface area contributed by atoms with Gasteiger partial charge in [-0.15, -0.1) is 0 Å². The van der Waals surface area contributed by atoms with Gasteiger partial charge in [0.15, 0.2) is 0 Å². The van der Waals surface area contributed by atoms with E-state index in [4.69, 9.17) is 0 Å². The fraction of sp³-hybridized carbons (Fsp3) is 0.389. The zero-order valence-electron chi connectivity index (χ0n) is 14.7. The maximum atomic E-state index is 13.7. The van der Waals surface area contributed by atoms with Gasteiger partial charge in [-0.05, 0) is 24.1 Å². The van der Waals surface area contributed by atoms with Crippen LogP contribution < -0.4 is 10.2 Å². The number of hydrogen-bond acceptors (Lipinski definition) is 4. The Kier molecular flexibility index (Phi) is 5.29. The Bertz CT molecular complexity index is 791. The highest BCUT2D eigenvalue weighted by atomic mass is 19.1. The van der Waals surface area contributed by atoms with Gasteiger partial charge >= 0.3 is 6.03 Å². The van der Waals surface area contributed by atoms with Crippen molar-refractivity contribution in [2.24, 2.45) is 0 Å². The van der Waals surface area contributed by atoms with Crippen LogP contribution in [0.3, 0.4) is 0 Å². The number of carbonyl (C=O) groups is 1. The van der Waals surface area contributed by atoms with E-state index in [-0.39, 0.29) is 5.69 Å². The third kappa shape index (κ3) is 4.07. The molecule has 0 radical (unpaired) electrons. The average molecular weight is 361 g/mol. The Morgan fingerprint density at radius 2 is 1.88 bits per heavy atom. The van der Waals surface area contributed by atoms with E-state index in [1.54, 1.807) is 11.1 Å². The van der Waals surface area contributed by atoms with Crippen LogP contribution in [0.2, 0.25) is 0 Å². The summed E-state index contributed by atoms with van der Waals surface area (Å²) in [5, 5.41) is 2.42. The van der Waals surface area contributed by atoms with Crippen molar-refractivity contribution >= 4 is 17.7 Å². The van der Waals surface area contributed by atoms with Crippen molar-refractivity contribution < 1.29 is 13.6 Å². The number of piperazine rings is 1. The molecule has 8 heteroatoms. The number of nitrogens with one attached hydrogen (secondary N) is 1. The van der Waals surface area contributed by atoms with E-state index >= 15 is 0 Å². The zero-order chi connectivity index (χ0) is 18.7. The number of anilines is 2. The summed E-state index contributed by atoms with van der Waals surface area (Å²) in [7, 11) is 0. The van der Waals surface area contributed by atoms with Crippen LogP contribution in [0.5, 0.6) is 0 Å². The Balaban J connectivity index is 1.60. The first-order valence-electron chi connectivity index (χ1n) is 8.53. The Hall–Kier alpha value is -2.77. The van der Waals surface area contributed by atoms with Crippen LogP contribution in [0.4, 0.5) is 25.2 Å². The van der Waals surface area contributed by atoms with Gasteiger partial charge in [-0.25, -0.2) is 23.5 Å². The Labute approximate surface area is 150 Å². The summed E-state index contributed by atoms with van der Waals surface area (Å²) in [5.74, 6) is -0.316. The summed E-state index contributed by atoms with van der Waals surface area (Å²) in [6.07, 6.45) is 1.74. The molecule has 0 atom stereocenters. The first-order chi connectivity index (χ1) is 12.4. The molecule has 26 heavy (non-hydrogen) atoms. The van der Waals surface area contributed by atoms with Crippen molar-refractivity contribution in [2.45, 2.75) is 19.8 Å². The number of halogens is 2. The molecule has 1 saturated heterocycles. The molecule has 3 rings (SSSR count). The Morgan fingerprint density at radius 1 is 1.15 bits per heavy atom. The second kappa shape index (κ2) is 7.63. The molecule has 1 fully saturated rings. The van der Waals surface area contributed by atoms with Crippen LogP contribution in [0.1, 0.15) is 25.5 Å². The summed E-state index contributed by atoms with van der Waals surface area (Å²) in [4.78, 5) is 24.7. The highest BCUT2D eigenvalue weighted by Crippen LogP contribution is 2.18. The zero-order valence-corrected chi connectivity index (χ0v) is 14.7. The molecule has 1 aromatic carbocycles. The minimum absolute atomic E-state index is 0.162. The second-order valence-corrected chi connectivity index (χ2v) is 6.46. The smallest absolute Gasteiger partial charge is 0.322 e. The molecule has 6 nitrogen and oxygen atoms in total. The largest absolute Gasteiger partial charge is 0.337 e. The number of urea groups is 1. The molecular formula is C18H21F2N5O. The third-order valence-electron chi connectivity index (χ3n) is 4.28. The molecular weight excluding hydrogens is 340 g/mol. The van der Waals surface area contributed by atoms with Crippen LogP contribution in [0.25, 0.3) is 0 Å². The maximum Gasteiger partial charge on any atom is 0.322 e. The molecule has 1 N–H and O–H groups in total. The van der Waals surface area contributed by atoms with Crippen LogP contribution >= 0.6 is 0 Å². The summed E-state index contributed by atoms with van der Waals surface area (Å²) in [5.41, 5.74) is 0.808. The van der Waals surface area contributed by atoms with Crippen LogP contribution in [-0.2, 0) is 0 Å². The monoisotopic (exact) mass is 361 g/mol. The van der Waals surface area contributed by atoms with E-state index in [1.807, 2.05) is 11.0 Å². The molecule has 0 aliphatic carbocycles. The molecule has 138 valence electrons. The van der Waals surface area contributed by atoms with Gasteiger partial charge in [-0.2, -0.15) is 0 Å². The summed E-state index contributed by atoms with van der Waals surface area (Å²) >= 11 is 0. The van der Waals surface area contributed by atoms with Crippen molar-refractivity contribution in [3.8, 4) is 0 Å². The quantitative estimate of drug-likeness (QED) is 0.912. The van der Waals surface area contributed by atoms with Crippen molar-refractivity contribution in [2.75, 3.05) is 36.4 Å². The second-order valence-electron chi connectivity index (χ2n) is 6.46. The van der Waals surface area contributed by atoms with Gasteiger partial charge in [-0.1, -0.05) is 13.8 Å². The molecule has 1 aliphatic heterocycles. The van der Waals surface area contributed by atoms with Crippen molar-refractivity contribution in [1.29, 1.82) is 0 Å². The molecule has 0 unspecified atom stereocenters. The van der Waals surface area contributed by atoms with E-state index in [0.717, 1.165) is 23.9 Å². The SMILES string of the molecule is CC(C)c1ccnc(N2CCN(C(=O)Nc3cc(F)ccc3F)CC2)n1. The van der Waals surface area contributed by atoms with Crippen molar-refractivity contribution in [3.05, 3.63) is 47.8 Å². The topological polar surface area (TPSA) is 61.4 Å². The van der Waals surface area contributed by atoms with Gasteiger partial charge in [0.1, 0.15) is 11.6 Å². The maximum absolute atomic E-state index is 13.7. The van der Waals surface area contributed by atoms with Gasteiger partial charge in [0.05, 0.1) is 5.69 Å². The standard InChI is InChI=1S/C18H21F2N5O/c1-12(2)15-5-6-21-17(22-15)24-7-9-25(10-8-24)18(26)23-16-11-13(19)3-4-14(16)20/h3-6,11-12H,7-10H2,1-2H3,(H,23,26). The lowest BCUT2D eigenvalue weighted by Crippen LogP contribution is -2.50. The fourth-order valence-electron chi connectivity index (χ4n) is 2.73. The van der Waals surface area contributed by atoms with E-state index in [1.165, 1.54) is 0 Å². The molecule has 0 bridgehead atoms. The summed E-state index contributed by atoms with van der Waals surface area (Å²) < 4.78 is 26.9. The normalized spacial score (nSPS) is 14.7.